The van der Waals surface area contributed by atoms with Gasteiger partial charge in [0.15, 0.2) is 5.16 Å². The number of benzene rings is 2. The van der Waals surface area contributed by atoms with Crippen molar-refractivity contribution >= 4 is 40.9 Å². The van der Waals surface area contributed by atoms with Gasteiger partial charge in [0.2, 0.25) is 11.9 Å². The first-order valence-corrected chi connectivity index (χ1v) is 11.1. The summed E-state index contributed by atoms with van der Waals surface area (Å²) in [5.74, 6) is 0.161. The van der Waals surface area contributed by atoms with E-state index in [0.29, 0.717) is 17.3 Å². The SMILES string of the molecule is CCC(C(=O)Nc1cc(C(F)(F)F)ccc1Cl)n1c(N)nnc1SCCc1ccccc1. The Labute approximate surface area is 192 Å². The zero-order valence-electron chi connectivity index (χ0n) is 17.1. The number of hydrogen-bond donors (Lipinski definition) is 2. The number of amides is 1. The number of nitrogens with one attached hydrogen (secondary N) is 1. The van der Waals surface area contributed by atoms with Gasteiger partial charge >= 0.3 is 6.18 Å². The molecule has 0 fully saturated rings. The van der Waals surface area contributed by atoms with Crippen molar-refractivity contribution in [3.05, 3.63) is 64.7 Å². The molecule has 1 atom stereocenters. The number of carbonyl (C=O) groups excluding carboxylic acids is 1. The molecule has 0 radical (unpaired) electrons. The predicted molar refractivity (Wildman–Crippen MR) is 120 cm³/mol. The molecule has 1 heterocycles. The molecule has 1 amide bonds. The van der Waals surface area contributed by atoms with E-state index in [1.807, 2.05) is 30.3 Å². The van der Waals surface area contributed by atoms with Crippen molar-refractivity contribution in [2.75, 3.05) is 16.8 Å². The number of aryl methyl sites for hydroxylation is 1. The number of carbonyl (C=O) groups is 1. The summed E-state index contributed by atoms with van der Waals surface area (Å²) < 4.78 is 40.6. The van der Waals surface area contributed by atoms with E-state index in [4.69, 9.17) is 17.3 Å². The Balaban J connectivity index is 1.77. The minimum atomic E-state index is -4.56. The van der Waals surface area contributed by atoms with Gasteiger partial charge in [0, 0.05) is 5.75 Å². The zero-order chi connectivity index (χ0) is 23.3. The van der Waals surface area contributed by atoms with E-state index in [0.717, 1.165) is 30.2 Å². The lowest BCUT2D eigenvalue weighted by atomic mass is 10.1. The highest BCUT2D eigenvalue weighted by Gasteiger charge is 2.32. The molecule has 32 heavy (non-hydrogen) atoms. The van der Waals surface area contributed by atoms with Gasteiger partial charge in [-0.05, 0) is 36.6 Å². The zero-order valence-corrected chi connectivity index (χ0v) is 18.6. The van der Waals surface area contributed by atoms with E-state index in [-0.39, 0.29) is 16.7 Å². The molecule has 0 spiro atoms. The van der Waals surface area contributed by atoms with Crippen molar-refractivity contribution in [1.82, 2.24) is 14.8 Å². The van der Waals surface area contributed by atoms with Gasteiger partial charge in [-0.2, -0.15) is 13.2 Å². The minimum Gasteiger partial charge on any atom is -0.368 e. The topological polar surface area (TPSA) is 85.8 Å². The summed E-state index contributed by atoms with van der Waals surface area (Å²) in [7, 11) is 0. The van der Waals surface area contributed by atoms with Gasteiger partial charge < -0.3 is 11.1 Å². The minimum absolute atomic E-state index is 0.00427. The molecule has 1 aromatic heterocycles. The van der Waals surface area contributed by atoms with E-state index >= 15 is 0 Å². The lowest BCUT2D eigenvalue weighted by molar-refractivity contribution is -0.137. The molecule has 0 saturated heterocycles. The van der Waals surface area contributed by atoms with Crippen LogP contribution in [0.4, 0.5) is 24.8 Å². The number of anilines is 2. The van der Waals surface area contributed by atoms with Crippen LogP contribution in [0.1, 0.15) is 30.5 Å². The van der Waals surface area contributed by atoms with Crippen LogP contribution in [0.15, 0.2) is 53.7 Å². The summed E-state index contributed by atoms with van der Waals surface area (Å²) in [5.41, 5.74) is 6.08. The van der Waals surface area contributed by atoms with E-state index < -0.39 is 23.7 Å². The summed E-state index contributed by atoms with van der Waals surface area (Å²) in [4.78, 5) is 13.0. The number of rotatable bonds is 8. The maximum absolute atomic E-state index is 13.0. The van der Waals surface area contributed by atoms with Crippen LogP contribution in [0.2, 0.25) is 5.02 Å². The van der Waals surface area contributed by atoms with Crippen LogP contribution >= 0.6 is 23.4 Å². The van der Waals surface area contributed by atoms with Gasteiger partial charge in [-0.15, -0.1) is 10.2 Å². The van der Waals surface area contributed by atoms with Gasteiger partial charge in [-0.25, -0.2) is 0 Å². The Kier molecular flexibility index (Phi) is 7.68. The summed E-state index contributed by atoms with van der Waals surface area (Å²) in [5, 5.41) is 10.9. The number of nitrogen functional groups attached to an aromatic ring is 1. The fourth-order valence-corrected chi connectivity index (χ4v) is 4.23. The number of nitrogens with zero attached hydrogens (tertiary/aromatic N) is 3. The third kappa shape index (κ3) is 5.74. The Morgan fingerprint density at radius 1 is 1.22 bits per heavy atom. The Hall–Kier alpha value is -2.72. The smallest absolute Gasteiger partial charge is 0.368 e. The number of thioether (sulfide) groups is 1. The molecular formula is C21H21ClF3N5OS. The molecule has 3 rings (SSSR count). The summed E-state index contributed by atoms with van der Waals surface area (Å²) in [6.45, 7) is 1.76. The highest BCUT2D eigenvalue weighted by molar-refractivity contribution is 7.99. The molecule has 0 aliphatic carbocycles. The van der Waals surface area contributed by atoms with Crippen molar-refractivity contribution in [1.29, 1.82) is 0 Å². The van der Waals surface area contributed by atoms with Gasteiger partial charge in [0.05, 0.1) is 16.3 Å². The first kappa shape index (κ1) is 23.9. The van der Waals surface area contributed by atoms with Gasteiger partial charge in [-0.3, -0.25) is 9.36 Å². The quantitative estimate of drug-likeness (QED) is 0.416. The van der Waals surface area contributed by atoms with Gasteiger partial charge in [0.25, 0.3) is 0 Å². The van der Waals surface area contributed by atoms with Crippen LogP contribution in [-0.2, 0) is 17.4 Å². The predicted octanol–water partition coefficient (Wildman–Crippen LogP) is 5.46. The van der Waals surface area contributed by atoms with Crippen LogP contribution in [-0.4, -0.2) is 26.4 Å². The first-order valence-electron chi connectivity index (χ1n) is 9.75. The first-order chi connectivity index (χ1) is 15.2. The Morgan fingerprint density at radius 3 is 2.59 bits per heavy atom. The molecule has 11 heteroatoms. The molecule has 1 unspecified atom stereocenters. The fourth-order valence-electron chi connectivity index (χ4n) is 3.08. The number of halogens is 4. The molecular weight excluding hydrogens is 463 g/mol. The maximum atomic E-state index is 13.0. The molecule has 3 aromatic rings. The number of alkyl halides is 3. The van der Waals surface area contributed by atoms with Crippen molar-refractivity contribution in [3.8, 4) is 0 Å². The molecule has 6 nitrogen and oxygen atoms in total. The van der Waals surface area contributed by atoms with Crippen LogP contribution in [0, 0.1) is 0 Å². The van der Waals surface area contributed by atoms with Crippen LogP contribution in [0.5, 0.6) is 0 Å². The third-order valence-electron chi connectivity index (χ3n) is 4.71. The molecule has 3 N–H and O–H groups in total. The second-order valence-electron chi connectivity index (χ2n) is 6.90. The van der Waals surface area contributed by atoms with E-state index in [1.54, 1.807) is 6.92 Å². The normalized spacial score (nSPS) is 12.5. The fraction of sp³-hybridized carbons (Fsp3) is 0.286. The number of aromatic nitrogens is 3. The Bertz CT molecular complexity index is 1080. The highest BCUT2D eigenvalue weighted by Crippen LogP contribution is 2.34. The second kappa shape index (κ2) is 10.3. The van der Waals surface area contributed by atoms with E-state index in [1.165, 1.54) is 16.3 Å². The van der Waals surface area contributed by atoms with Crippen molar-refractivity contribution in [3.63, 3.8) is 0 Å². The summed E-state index contributed by atoms with van der Waals surface area (Å²) in [6.07, 6.45) is -3.46. The van der Waals surface area contributed by atoms with Crippen LogP contribution in [0.25, 0.3) is 0 Å². The van der Waals surface area contributed by atoms with E-state index in [2.05, 4.69) is 15.5 Å². The average molecular weight is 484 g/mol. The standard InChI is InChI=1S/C21H21ClF3N5OS/c1-2-17(18(31)27-16-12-14(21(23,24)25)8-9-15(16)22)30-19(26)28-29-20(30)32-11-10-13-6-4-3-5-7-13/h3-9,12,17H,2,10-11H2,1H3,(H2,26,28)(H,27,31). The Morgan fingerprint density at radius 2 is 1.94 bits per heavy atom. The molecule has 0 aliphatic heterocycles. The van der Waals surface area contributed by atoms with Gasteiger partial charge in [-0.1, -0.05) is 60.6 Å². The van der Waals surface area contributed by atoms with Gasteiger partial charge in [0.1, 0.15) is 6.04 Å². The van der Waals surface area contributed by atoms with Crippen molar-refractivity contribution in [2.45, 2.75) is 37.1 Å². The largest absolute Gasteiger partial charge is 0.416 e. The summed E-state index contributed by atoms with van der Waals surface area (Å²) in [6, 6.07) is 11.8. The lowest BCUT2D eigenvalue weighted by Gasteiger charge is -2.20. The summed E-state index contributed by atoms with van der Waals surface area (Å²) >= 11 is 7.40. The average Bonchev–Trinajstić information content (AvgIpc) is 3.10. The lowest BCUT2D eigenvalue weighted by Crippen LogP contribution is -2.27. The third-order valence-corrected chi connectivity index (χ3v) is 5.98. The monoisotopic (exact) mass is 483 g/mol. The van der Waals surface area contributed by atoms with Crippen molar-refractivity contribution in [2.24, 2.45) is 0 Å². The molecule has 0 saturated carbocycles. The van der Waals surface area contributed by atoms with Crippen molar-refractivity contribution < 1.29 is 18.0 Å². The van der Waals surface area contributed by atoms with Crippen LogP contribution in [0.3, 0.4) is 0 Å². The number of nitrogens with two attached hydrogens (primary N) is 1. The highest BCUT2D eigenvalue weighted by atomic mass is 35.5. The molecule has 170 valence electrons. The van der Waals surface area contributed by atoms with Crippen LogP contribution < -0.4 is 11.1 Å². The molecule has 2 aromatic carbocycles. The molecule has 0 bridgehead atoms. The second-order valence-corrected chi connectivity index (χ2v) is 8.37. The maximum Gasteiger partial charge on any atom is 0.416 e. The van der Waals surface area contributed by atoms with E-state index in [9.17, 15) is 18.0 Å². The molecule has 0 aliphatic rings. The number of hydrogen-bond acceptors (Lipinski definition) is 5.